The molecule has 7 heteroatoms. The summed E-state index contributed by atoms with van der Waals surface area (Å²) in [5.74, 6) is 0. The van der Waals surface area contributed by atoms with Gasteiger partial charge in [-0.3, -0.25) is 9.80 Å². The van der Waals surface area contributed by atoms with Crippen molar-refractivity contribution >= 4 is 17.8 Å². The van der Waals surface area contributed by atoms with Crippen molar-refractivity contribution in [2.45, 2.75) is 58.3 Å². The first kappa shape index (κ1) is 28.7. The smallest absolute Gasteiger partial charge is 0.410 e. The molecule has 1 atom stereocenters. The van der Waals surface area contributed by atoms with E-state index >= 15 is 0 Å². The van der Waals surface area contributed by atoms with Gasteiger partial charge in [0, 0.05) is 45.0 Å². The third-order valence-corrected chi connectivity index (χ3v) is 7.69. The number of anilines is 1. The predicted octanol–water partition coefficient (Wildman–Crippen LogP) is 6.18. The SMILES string of the molecule is CC(C)(C)OC(=O)N1CCN2C(=O)N(c3ccc(CCCN(Cc4ccccc4)Cc4ccccc4)cc3)CC2C1. The van der Waals surface area contributed by atoms with E-state index in [-0.39, 0.29) is 18.2 Å². The number of hydrogen-bond donors (Lipinski definition) is 0. The average molecular weight is 555 g/mol. The molecule has 2 aliphatic rings. The Balaban J connectivity index is 1.15. The summed E-state index contributed by atoms with van der Waals surface area (Å²) in [5, 5.41) is 0. The first-order chi connectivity index (χ1) is 19.7. The third-order valence-electron chi connectivity index (χ3n) is 7.69. The largest absolute Gasteiger partial charge is 0.444 e. The second kappa shape index (κ2) is 12.8. The number of urea groups is 1. The van der Waals surface area contributed by atoms with Crippen molar-refractivity contribution in [2.75, 3.05) is 37.6 Å². The fourth-order valence-corrected chi connectivity index (χ4v) is 5.66. The predicted molar refractivity (Wildman–Crippen MR) is 163 cm³/mol. The van der Waals surface area contributed by atoms with Crippen LogP contribution in [0.4, 0.5) is 15.3 Å². The van der Waals surface area contributed by atoms with Crippen LogP contribution in [0.25, 0.3) is 0 Å². The van der Waals surface area contributed by atoms with Crippen LogP contribution in [0.3, 0.4) is 0 Å². The Kier molecular flexibility index (Phi) is 8.93. The highest BCUT2D eigenvalue weighted by Gasteiger charge is 2.42. The highest BCUT2D eigenvalue weighted by atomic mass is 16.6. The van der Waals surface area contributed by atoms with Crippen molar-refractivity contribution < 1.29 is 14.3 Å². The first-order valence-corrected chi connectivity index (χ1v) is 14.7. The molecule has 0 N–H and O–H groups in total. The zero-order valence-electron chi connectivity index (χ0n) is 24.5. The van der Waals surface area contributed by atoms with Gasteiger partial charge in [-0.05, 0) is 69.0 Å². The van der Waals surface area contributed by atoms with Crippen LogP contribution in [-0.2, 0) is 24.2 Å². The molecular formula is C34H42N4O3. The van der Waals surface area contributed by atoms with Gasteiger partial charge in [0.2, 0.25) is 0 Å². The molecule has 1 unspecified atom stereocenters. The third kappa shape index (κ3) is 7.67. The molecule has 3 amide bonds. The number of nitrogens with zero attached hydrogens (tertiary/aromatic N) is 4. The normalized spacial score (nSPS) is 17.2. The summed E-state index contributed by atoms with van der Waals surface area (Å²) in [5.41, 5.74) is 4.30. The number of benzene rings is 3. The van der Waals surface area contributed by atoms with Crippen LogP contribution >= 0.6 is 0 Å². The van der Waals surface area contributed by atoms with E-state index in [1.165, 1.54) is 16.7 Å². The minimum absolute atomic E-state index is 0.0176. The minimum Gasteiger partial charge on any atom is -0.444 e. The van der Waals surface area contributed by atoms with Gasteiger partial charge in [-0.25, -0.2) is 9.59 Å². The van der Waals surface area contributed by atoms with E-state index in [1.807, 2.05) is 30.6 Å². The van der Waals surface area contributed by atoms with Crippen molar-refractivity contribution in [3.05, 3.63) is 102 Å². The average Bonchev–Trinajstić information content (AvgIpc) is 3.29. The summed E-state index contributed by atoms with van der Waals surface area (Å²) in [7, 11) is 0. The van der Waals surface area contributed by atoms with Gasteiger partial charge in [0.25, 0.3) is 0 Å². The molecule has 0 saturated carbocycles. The quantitative estimate of drug-likeness (QED) is 0.317. The van der Waals surface area contributed by atoms with Crippen molar-refractivity contribution in [1.82, 2.24) is 14.7 Å². The number of fused-ring (bicyclic) bond motifs is 1. The number of carbonyl (C=O) groups is 2. The second-order valence-corrected chi connectivity index (χ2v) is 12.1. The van der Waals surface area contributed by atoms with E-state index in [0.29, 0.717) is 26.2 Å². The van der Waals surface area contributed by atoms with Crippen LogP contribution in [0.15, 0.2) is 84.9 Å². The van der Waals surface area contributed by atoms with Crippen molar-refractivity contribution in [3.8, 4) is 0 Å². The fraction of sp³-hybridized carbons (Fsp3) is 0.412. The molecule has 0 bridgehead atoms. The lowest BCUT2D eigenvalue weighted by Crippen LogP contribution is -2.54. The molecule has 2 heterocycles. The van der Waals surface area contributed by atoms with E-state index in [0.717, 1.165) is 38.2 Å². The van der Waals surface area contributed by atoms with Crippen molar-refractivity contribution in [2.24, 2.45) is 0 Å². The van der Waals surface area contributed by atoms with Gasteiger partial charge in [-0.2, -0.15) is 0 Å². The Morgan fingerprint density at radius 3 is 2.02 bits per heavy atom. The minimum atomic E-state index is -0.532. The molecule has 0 aromatic heterocycles. The van der Waals surface area contributed by atoms with Crippen molar-refractivity contribution in [1.29, 1.82) is 0 Å². The lowest BCUT2D eigenvalue weighted by Gasteiger charge is -2.36. The fourth-order valence-electron chi connectivity index (χ4n) is 5.66. The van der Waals surface area contributed by atoms with Crippen LogP contribution in [0.5, 0.6) is 0 Å². The van der Waals surface area contributed by atoms with Gasteiger partial charge in [0.05, 0.1) is 6.04 Å². The summed E-state index contributed by atoms with van der Waals surface area (Å²) in [6, 6.07) is 29.7. The number of piperazine rings is 1. The molecule has 216 valence electrons. The zero-order chi connectivity index (χ0) is 28.8. The Bertz CT molecular complexity index is 1250. The van der Waals surface area contributed by atoms with Crippen LogP contribution in [0.2, 0.25) is 0 Å². The zero-order valence-corrected chi connectivity index (χ0v) is 24.5. The maximum Gasteiger partial charge on any atom is 0.410 e. The van der Waals surface area contributed by atoms with Gasteiger partial charge in [-0.15, -0.1) is 0 Å². The van der Waals surface area contributed by atoms with Gasteiger partial charge in [0.15, 0.2) is 0 Å². The second-order valence-electron chi connectivity index (χ2n) is 12.1. The number of hydrogen-bond acceptors (Lipinski definition) is 4. The van der Waals surface area contributed by atoms with Gasteiger partial charge in [-0.1, -0.05) is 72.8 Å². The molecule has 2 fully saturated rings. The topological polar surface area (TPSA) is 56.3 Å². The molecule has 0 radical (unpaired) electrons. The van der Waals surface area contributed by atoms with Crippen LogP contribution in [0, 0.1) is 0 Å². The lowest BCUT2D eigenvalue weighted by molar-refractivity contribution is 0.0128. The Labute approximate surface area is 244 Å². The summed E-state index contributed by atoms with van der Waals surface area (Å²) < 4.78 is 5.55. The van der Waals surface area contributed by atoms with Gasteiger partial charge in [0.1, 0.15) is 5.60 Å². The summed E-state index contributed by atoms with van der Waals surface area (Å²) in [6.07, 6.45) is 1.73. The molecule has 3 aromatic rings. The van der Waals surface area contributed by atoms with Gasteiger partial charge < -0.3 is 14.5 Å². The first-order valence-electron chi connectivity index (χ1n) is 14.7. The lowest BCUT2D eigenvalue weighted by atomic mass is 10.1. The highest BCUT2D eigenvalue weighted by Crippen LogP contribution is 2.27. The van der Waals surface area contributed by atoms with Crippen LogP contribution in [0.1, 0.15) is 43.9 Å². The molecular weight excluding hydrogens is 512 g/mol. The number of rotatable bonds is 9. The molecule has 41 heavy (non-hydrogen) atoms. The maximum atomic E-state index is 13.2. The van der Waals surface area contributed by atoms with E-state index in [2.05, 4.69) is 89.8 Å². The number of amides is 3. The number of aryl methyl sites for hydroxylation is 1. The Morgan fingerprint density at radius 2 is 1.44 bits per heavy atom. The summed E-state index contributed by atoms with van der Waals surface area (Å²) in [4.78, 5) is 33.7. The Morgan fingerprint density at radius 1 is 0.829 bits per heavy atom. The van der Waals surface area contributed by atoms with Crippen LogP contribution in [-0.4, -0.2) is 71.2 Å². The van der Waals surface area contributed by atoms with E-state index in [1.54, 1.807) is 4.90 Å². The summed E-state index contributed by atoms with van der Waals surface area (Å²) >= 11 is 0. The van der Waals surface area contributed by atoms with Crippen LogP contribution < -0.4 is 4.90 Å². The number of ether oxygens (including phenoxy) is 1. The molecule has 2 aliphatic heterocycles. The Hall–Kier alpha value is -3.84. The molecule has 7 nitrogen and oxygen atoms in total. The number of carbonyl (C=O) groups excluding carboxylic acids is 2. The monoisotopic (exact) mass is 554 g/mol. The maximum absolute atomic E-state index is 13.2. The van der Waals surface area contributed by atoms with Crippen molar-refractivity contribution in [3.63, 3.8) is 0 Å². The molecule has 0 spiro atoms. The van der Waals surface area contributed by atoms with E-state index < -0.39 is 5.60 Å². The summed E-state index contributed by atoms with van der Waals surface area (Å²) in [6.45, 7) is 10.6. The molecule has 2 saturated heterocycles. The van der Waals surface area contributed by atoms with Gasteiger partial charge >= 0.3 is 12.1 Å². The standard InChI is InChI=1S/C34H42N4O3/c1-34(2,3)41-33(40)36-21-22-37-31(25-36)26-38(32(37)39)30-18-16-27(17-19-30)15-10-20-35(23-28-11-6-4-7-12-28)24-29-13-8-5-9-14-29/h4-9,11-14,16-19,31H,10,15,20-26H2,1-3H3. The highest BCUT2D eigenvalue weighted by molar-refractivity contribution is 5.95. The molecule has 0 aliphatic carbocycles. The van der Waals surface area contributed by atoms with E-state index in [4.69, 9.17) is 4.74 Å². The molecule has 3 aromatic carbocycles. The molecule has 5 rings (SSSR count). The van der Waals surface area contributed by atoms with E-state index in [9.17, 15) is 9.59 Å².